The molecule has 0 aromatic carbocycles. The van der Waals surface area contributed by atoms with Crippen molar-refractivity contribution >= 4 is 15.8 Å². The van der Waals surface area contributed by atoms with E-state index in [0.717, 1.165) is 0 Å². The van der Waals surface area contributed by atoms with E-state index in [2.05, 4.69) is 0 Å². The third kappa shape index (κ3) is 2.59. The molecule has 17 heavy (non-hydrogen) atoms. The van der Waals surface area contributed by atoms with Gasteiger partial charge in [0.2, 0.25) is 0 Å². The Hall–Kier alpha value is -0.720. The van der Waals surface area contributed by atoms with Gasteiger partial charge in [0.15, 0.2) is 9.84 Å². The molecule has 1 aliphatic rings. The summed E-state index contributed by atoms with van der Waals surface area (Å²) in [6, 6.07) is 0. The summed E-state index contributed by atoms with van der Waals surface area (Å²) < 4.78 is 50.1. The lowest BCUT2D eigenvalue weighted by atomic mass is 9.73. The fraction of sp³-hybridized carbons (Fsp3) is 0.900. The van der Waals surface area contributed by atoms with Crippen molar-refractivity contribution in [3.8, 4) is 0 Å². The van der Waals surface area contributed by atoms with E-state index in [1.54, 1.807) is 13.8 Å². The van der Waals surface area contributed by atoms with Crippen molar-refractivity contribution in [2.24, 2.45) is 11.3 Å². The first kappa shape index (κ1) is 14.3. The Labute approximate surface area is 98.9 Å². The molecule has 1 saturated heterocycles. The van der Waals surface area contributed by atoms with Crippen molar-refractivity contribution in [3.05, 3.63) is 0 Å². The SMILES string of the molecule is CC(C)CC1(C(=O)O)CCS(=O)(=O)CC1(F)F. The van der Waals surface area contributed by atoms with Crippen molar-refractivity contribution in [2.45, 2.75) is 32.6 Å². The van der Waals surface area contributed by atoms with Gasteiger partial charge in [-0.05, 0) is 18.8 Å². The minimum atomic E-state index is -3.84. The summed E-state index contributed by atoms with van der Waals surface area (Å²) in [5.41, 5.74) is -2.24. The zero-order valence-corrected chi connectivity index (χ0v) is 10.6. The van der Waals surface area contributed by atoms with E-state index >= 15 is 0 Å². The second-order valence-electron chi connectivity index (χ2n) is 5.03. The number of hydrogen-bond donors (Lipinski definition) is 1. The number of carbonyl (C=O) groups is 1. The molecule has 1 heterocycles. The summed E-state index contributed by atoms with van der Waals surface area (Å²) in [5.74, 6) is -7.40. The molecular weight excluding hydrogens is 254 g/mol. The lowest BCUT2D eigenvalue weighted by Crippen LogP contribution is -2.56. The number of carboxylic acid groups (broad SMARTS) is 1. The van der Waals surface area contributed by atoms with Crippen LogP contribution in [0.5, 0.6) is 0 Å². The van der Waals surface area contributed by atoms with Crippen molar-refractivity contribution in [3.63, 3.8) is 0 Å². The molecule has 1 aliphatic heterocycles. The molecule has 0 amide bonds. The molecule has 100 valence electrons. The standard InChI is InChI=1S/C10H16F2O4S/c1-7(2)5-9(8(13)14)3-4-17(15,16)6-10(9,11)12/h7H,3-6H2,1-2H3,(H,13,14). The van der Waals surface area contributed by atoms with Gasteiger partial charge < -0.3 is 5.11 Å². The summed E-state index contributed by atoms with van der Waals surface area (Å²) in [4.78, 5) is 11.2. The maximum atomic E-state index is 13.9. The van der Waals surface area contributed by atoms with Crippen molar-refractivity contribution < 1.29 is 27.1 Å². The van der Waals surface area contributed by atoms with Crippen LogP contribution in [0, 0.1) is 11.3 Å². The normalized spacial score (nSPS) is 31.4. The Balaban J connectivity index is 3.19. The van der Waals surface area contributed by atoms with Crippen molar-refractivity contribution in [2.75, 3.05) is 11.5 Å². The van der Waals surface area contributed by atoms with Gasteiger partial charge in [-0.1, -0.05) is 13.8 Å². The van der Waals surface area contributed by atoms with Gasteiger partial charge in [0.1, 0.15) is 11.2 Å². The van der Waals surface area contributed by atoms with Crippen LogP contribution >= 0.6 is 0 Å². The first-order chi connectivity index (χ1) is 7.52. The highest BCUT2D eigenvalue weighted by Gasteiger charge is 2.63. The quantitative estimate of drug-likeness (QED) is 0.844. The molecule has 0 aliphatic carbocycles. The van der Waals surface area contributed by atoms with E-state index in [1.165, 1.54) is 0 Å². The Kier molecular flexibility index (Phi) is 3.53. The molecule has 7 heteroatoms. The molecule has 0 aromatic rings. The van der Waals surface area contributed by atoms with Crippen LogP contribution in [0.2, 0.25) is 0 Å². The van der Waals surface area contributed by atoms with Gasteiger partial charge in [-0.2, -0.15) is 0 Å². The lowest BCUT2D eigenvalue weighted by Gasteiger charge is -2.41. The van der Waals surface area contributed by atoms with Gasteiger partial charge in [0.05, 0.1) is 5.75 Å². The number of carboxylic acids is 1. The van der Waals surface area contributed by atoms with E-state index in [1.807, 2.05) is 0 Å². The zero-order chi connectivity index (χ0) is 13.5. The van der Waals surface area contributed by atoms with Crippen LogP contribution in [0.3, 0.4) is 0 Å². The van der Waals surface area contributed by atoms with E-state index < -0.39 is 45.1 Å². The highest BCUT2D eigenvalue weighted by molar-refractivity contribution is 7.91. The topological polar surface area (TPSA) is 71.4 Å². The Bertz CT molecular complexity index is 416. The first-order valence-electron chi connectivity index (χ1n) is 5.34. The first-order valence-corrected chi connectivity index (χ1v) is 7.16. The molecule has 0 radical (unpaired) electrons. The van der Waals surface area contributed by atoms with E-state index in [4.69, 9.17) is 5.11 Å². The number of sulfone groups is 1. The summed E-state index contributed by atoms with van der Waals surface area (Å²) >= 11 is 0. The molecule has 1 atom stereocenters. The molecule has 1 fully saturated rings. The summed E-state index contributed by atoms with van der Waals surface area (Å²) in [7, 11) is -3.84. The molecule has 0 bridgehead atoms. The van der Waals surface area contributed by atoms with E-state index in [-0.39, 0.29) is 12.3 Å². The minimum absolute atomic E-state index is 0.217. The van der Waals surface area contributed by atoms with Crippen LogP contribution in [-0.2, 0) is 14.6 Å². The number of hydrogen-bond acceptors (Lipinski definition) is 3. The average molecular weight is 270 g/mol. The molecule has 0 spiro atoms. The third-order valence-electron chi connectivity index (χ3n) is 3.11. The fourth-order valence-electron chi connectivity index (χ4n) is 2.30. The summed E-state index contributed by atoms with van der Waals surface area (Å²) in [6.45, 7) is 3.29. The summed E-state index contributed by atoms with van der Waals surface area (Å²) in [6.07, 6.45) is -0.735. The van der Waals surface area contributed by atoms with Crippen LogP contribution in [0.1, 0.15) is 26.7 Å². The Morgan fingerprint density at radius 3 is 2.29 bits per heavy atom. The lowest BCUT2D eigenvalue weighted by molar-refractivity contribution is -0.179. The summed E-state index contributed by atoms with van der Waals surface area (Å²) in [5, 5.41) is 9.07. The van der Waals surface area contributed by atoms with Crippen LogP contribution in [0.15, 0.2) is 0 Å². The highest BCUT2D eigenvalue weighted by Crippen LogP contribution is 2.49. The monoisotopic (exact) mass is 270 g/mol. The number of alkyl halides is 2. The molecule has 0 saturated carbocycles. The van der Waals surface area contributed by atoms with Crippen LogP contribution in [0.25, 0.3) is 0 Å². The fourth-order valence-corrected chi connectivity index (χ4v) is 3.93. The van der Waals surface area contributed by atoms with Gasteiger partial charge in [-0.15, -0.1) is 0 Å². The molecule has 1 unspecified atom stereocenters. The molecule has 0 aromatic heterocycles. The van der Waals surface area contributed by atoms with Crippen LogP contribution < -0.4 is 0 Å². The zero-order valence-electron chi connectivity index (χ0n) is 9.74. The second-order valence-corrected chi connectivity index (χ2v) is 7.22. The van der Waals surface area contributed by atoms with Gasteiger partial charge in [0.25, 0.3) is 5.92 Å². The molecule has 1 rings (SSSR count). The molecular formula is C10H16F2O4S. The Morgan fingerprint density at radius 1 is 1.41 bits per heavy atom. The van der Waals surface area contributed by atoms with Gasteiger partial charge in [0, 0.05) is 0 Å². The molecule has 4 nitrogen and oxygen atoms in total. The highest BCUT2D eigenvalue weighted by atomic mass is 32.2. The largest absolute Gasteiger partial charge is 0.481 e. The van der Waals surface area contributed by atoms with E-state index in [0.29, 0.717) is 0 Å². The van der Waals surface area contributed by atoms with Gasteiger partial charge in [-0.3, -0.25) is 4.79 Å². The minimum Gasteiger partial charge on any atom is -0.481 e. The van der Waals surface area contributed by atoms with E-state index in [9.17, 15) is 22.0 Å². The number of rotatable bonds is 3. The predicted molar refractivity (Wildman–Crippen MR) is 57.7 cm³/mol. The van der Waals surface area contributed by atoms with Crippen LogP contribution in [0.4, 0.5) is 8.78 Å². The smallest absolute Gasteiger partial charge is 0.315 e. The third-order valence-corrected chi connectivity index (χ3v) is 4.74. The predicted octanol–water partition coefficient (Wildman–Crippen LogP) is 1.56. The van der Waals surface area contributed by atoms with Gasteiger partial charge >= 0.3 is 5.97 Å². The maximum absolute atomic E-state index is 13.9. The van der Waals surface area contributed by atoms with Crippen molar-refractivity contribution in [1.29, 1.82) is 0 Å². The number of aliphatic carboxylic acids is 1. The van der Waals surface area contributed by atoms with Gasteiger partial charge in [-0.25, -0.2) is 17.2 Å². The average Bonchev–Trinajstić information content (AvgIpc) is 2.07. The maximum Gasteiger partial charge on any atom is 0.315 e. The Morgan fingerprint density at radius 2 is 1.94 bits per heavy atom. The van der Waals surface area contributed by atoms with Crippen molar-refractivity contribution in [1.82, 2.24) is 0 Å². The second kappa shape index (κ2) is 4.19. The van der Waals surface area contributed by atoms with Crippen LogP contribution in [-0.4, -0.2) is 36.9 Å². The molecule has 1 N–H and O–H groups in total. The number of halogens is 2.